The number of halogens is 1. The standard InChI is InChI=1S/C20H18FNO4S/c1-3-26-20(23)16-13-19(27(24,25)15-9-5-4-6-10-15)22(14(16)2)18-12-8-7-11-17(18)21/h4-13H,3H2,1-2H3. The number of para-hydroxylation sites is 1. The van der Waals surface area contributed by atoms with Crippen LogP contribution in [0.2, 0.25) is 0 Å². The number of hydrogen-bond acceptors (Lipinski definition) is 4. The number of nitrogens with zero attached hydrogens (tertiary/aromatic N) is 1. The summed E-state index contributed by atoms with van der Waals surface area (Å²) < 4.78 is 47.1. The summed E-state index contributed by atoms with van der Waals surface area (Å²) in [6.07, 6.45) is 0. The van der Waals surface area contributed by atoms with Crippen molar-refractivity contribution >= 4 is 15.8 Å². The molecule has 0 aliphatic rings. The highest BCUT2D eigenvalue weighted by molar-refractivity contribution is 7.91. The lowest BCUT2D eigenvalue weighted by Gasteiger charge is -2.13. The summed E-state index contributed by atoms with van der Waals surface area (Å²) in [4.78, 5) is 12.3. The van der Waals surface area contributed by atoms with Crippen molar-refractivity contribution in [3.05, 3.63) is 77.7 Å². The van der Waals surface area contributed by atoms with Crippen molar-refractivity contribution in [3.8, 4) is 5.69 Å². The van der Waals surface area contributed by atoms with E-state index in [9.17, 15) is 17.6 Å². The highest BCUT2D eigenvalue weighted by Gasteiger charge is 2.29. The van der Waals surface area contributed by atoms with Gasteiger partial charge in [-0.05, 0) is 44.2 Å². The fraction of sp³-hybridized carbons (Fsp3) is 0.150. The van der Waals surface area contributed by atoms with Gasteiger partial charge in [0.05, 0.1) is 22.8 Å². The normalized spacial score (nSPS) is 11.4. The number of rotatable bonds is 5. The van der Waals surface area contributed by atoms with Gasteiger partial charge in [-0.3, -0.25) is 0 Å². The highest BCUT2D eigenvalue weighted by atomic mass is 32.2. The molecule has 1 heterocycles. The molecule has 5 nitrogen and oxygen atoms in total. The van der Waals surface area contributed by atoms with Crippen molar-refractivity contribution in [1.29, 1.82) is 0 Å². The van der Waals surface area contributed by atoms with E-state index in [4.69, 9.17) is 4.74 Å². The van der Waals surface area contributed by atoms with Crippen molar-refractivity contribution in [2.24, 2.45) is 0 Å². The fourth-order valence-electron chi connectivity index (χ4n) is 2.84. The average molecular weight is 387 g/mol. The maximum absolute atomic E-state index is 14.5. The van der Waals surface area contributed by atoms with E-state index in [1.165, 1.54) is 41.0 Å². The monoisotopic (exact) mass is 387 g/mol. The zero-order chi connectivity index (χ0) is 19.6. The summed E-state index contributed by atoms with van der Waals surface area (Å²) >= 11 is 0. The number of esters is 1. The second kappa shape index (κ2) is 7.36. The first-order valence-corrected chi connectivity index (χ1v) is 9.80. The lowest BCUT2D eigenvalue weighted by Crippen LogP contribution is -2.11. The summed E-state index contributed by atoms with van der Waals surface area (Å²) in [5.41, 5.74) is 0.405. The van der Waals surface area contributed by atoms with Gasteiger partial charge in [0.2, 0.25) is 9.84 Å². The lowest BCUT2D eigenvalue weighted by atomic mass is 10.2. The molecule has 0 bridgehead atoms. The Morgan fingerprint density at radius 3 is 2.33 bits per heavy atom. The Morgan fingerprint density at radius 2 is 1.70 bits per heavy atom. The van der Waals surface area contributed by atoms with Crippen molar-refractivity contribution in [1.82, 2.24) is 4.57 Å². The summed E-state index contributed by atoms with van der Waals surface area (Å²) in [6.45, 7) is 3.36. The smallest absolute Gasteiger partial charge is 0.340 e. The van der Waals surface area contributed by atoms with Gasteiger partial charge in [-0.15, -0.1) is 0 Å². The third kappa shape index (κ3) is 3.38. The quantitative estimate of drug-likeness (QED) is 0.622. The first-order chi connectivity index (χ1) is 12.9. The molecule has 7 heteroatoms. The SMILES string of the molecule is CCOC(=O)c1cc(S(=O)(=O)c2ccccc2)n(-c2ccccc2F)c1C. The van der Waals surface area contributed by atoms with Gasteiger partial charge in [0, 0.05) is 5.69 Å². The number of sulfone groups is 1. The molecular formula is C20H18FNO4S. The predicted molar refractivity (Wildman–Crippen MR) is 98.3 cm³/mol. The number of hydrogen-bond donors (Lipinski definition) is 0. The Bertz CT molecular complexity index is 1090. The Hall–Kier alpha value is -2.93. The van der Waals surface area contributed by atoms with Gasteiger partial charge in [-0.25, -0.2) is 17.6 Å². The van der Waals surface area contributed by atoms with Crippen LogP contribution in [-0.2, 0) is 14.6 Å². The molecule has 0 saturated heterocycles. The molecule has 0 N–H and O–H groups in total. The summed E-state index contributed by atoms with van der Waals surface area (Å²) in [5.74, 6) is -1.26. The largest absolute Gasteiger partial charge is 0.462 e. The minimum Gasteiger partial charge on any atom is -0.462 e. The van der Waals surface area contributed by atoms with Gasteiger partial charge < -0.3 is 9.30 Å². The number of carbonyl (C=O) groups is 1. The number of aromatic nitrogens is 1. The van der Waals surface area contributed by atoms with Gasteiger partial charge in [0.15, 0.2) is 0 Å². The van der Waals surface area contributed by atoms with Crippen LogP contribution in [0.25, 0.3) is 5.69 Å². The van der Waals surface area contributed by atoms with Crippen molar-refractivity contribution < 1.29 is 22.3 Å². The van der Waals surface area contributed by atoms with E-state index in [1.54, 1.807) is 38.1 Å². The molecule has 0 radical (unpaired) electrons. The number of carbonyl (C=O) groups excluding carboxylic acids is 1. The van der Waals surface area contributed by atoms with E-state index in [2.05, 4.69) is 0 Å². The fourth-order valence-corrected chi connectivity index (χ4v) is 4.35. The van der Waals surface area contributed by atoms with Crippen LogP contribution >= 0.6 is 0 Å². The molecule has 0 amide bonds. The van der Waals surface area contributed by atoms with Gasteiger partial charge >= 0.3 is 5.97 Å². The van der Waals surface area contributed by atoms with Crippen LogP contribution in [0.4, 0.5) is 4.39 Å². The third-order valence-electron chi connectivity index (χ3n) is 4.13. The zero-order valence-corrected chi connectivity index (χ0v) is 15.7. The molecule has 2 aromatic carbocycles. The van der Waals surface area contributed by atoms with Crippen molar-refractivity contribution in [2.45, 2.75) is 23.8 Å². The topological polar surface area (TPSA) is 65.4 Å². The zero-order valence-electron chi connectivity index (χ0n) is 14.8. The van der Waals surface area contributed by atoms with E-state index >= 15 is 0 Å². The maximum atomic E-state index is 14.5. The molecule has 0 aliphatic carbocycles. The molecule has 0 spiro atoms. The molecule has 3 rings (SSSR count). The summed E-state index contributed by atoms with van der Waals surface area (Å²) in [5, 5.41) is -0.195. The van der Waals surface area contributed by atoms with E-state index in [0.29, 0.717) is 0 Å². The van der Waals surface area contributed by atoms with E-state index < -0.39 is 21.6 Å². The summed E-state index contributed by atoms with van der Waals surface area (Å²) in [6, 6.07) is 14.8. The van der Waals surface area contributed by atoms with Crippen molar-refractivity contribution in [2.75, 3.05) is 6.61 Å². The molecule has 27 heavy (non-hydrogen) atoms. The van der Waals surface area contributed by atoms with Crippen LogP contribution < -0.4 is 0 Å². The number of benzene rings is 2. The molecule has 0 unspecified atom stereocenters. The van der Waals surface area contributed by atoms with Crippen molar-refractivity contribution in [3.63, 3.8) is 0 Å². The first kappa shape index (κ1) is 18.8. The van der Waals surface area contributed by atoms with Crippen LogP contribution in [0.15, 0.2) is 70.6 Å². The second-order valence-electron chi connectivity index (χ2n) is 5.81. The van der Waals surface area contributed by atoms with Crippen LogP contribution in [0.3, 0.4) is 0 Å². The van der Waals surface area contributed by atoms with Gasteiger partial charge in [0.25, 0.3) is 0 Å². The van der Waals surface area contributed by atoms with Gasteiger partial charge in [-0.2, -0.15) is 0 Å². The molecule has 0 aliphatic heterocycles. The van der Waals surface area contributed by atoms with Crippen LogP contribution in [0, 0.1) is 12.7 Å². The minimum atomic E-state index is -4.00. The lowest BCUT2D eigenvalue weighted by molar-refractivity contribution is 0.0525. The van der Waals surface area contributed by atoms with Gasteiger partial charge in [0.1, 0.15) is 10.8 Å². The van der Waals surface area contributed by atoms with Gasteiger partial charge in [-0.1, -0.05) is 30.3 Å². The highest BCUT2D eigenvalue weighted by Crippen LogP contribution is 2.30. The first-order valence-electron chi connectivity index (χ1n) is 8.32. The van der Waals surface area contributed by atoms with Crippen LogP contribution in [0.5, 0.6) is 0 Å². The average Bonchev–Trinajstić information content (AvgIpc) is 3.01. The van der Waals surface area contributed by atoms with Crippen LogP contribution in [-0.4, -0.2) is 25.6 Å². The number of ether oxygens (including phenoxy) is 1. The molecular weight excluding hydrogens is 369 g/mol. The molecule has 3 aromatic rings. The summed E-state index contributed by atoms with van der Waals surface area (Å²) in [7, 11) is -4.00. The second-order valence-corrected chi connectivity index (χ2v) is 7.70. The third-order valence-corrected chi connectivity index (χ3v) is 5.87. The minimum absolute atomic E-state index is 0.0417. The Labute approximate surface area is 156 Å². The molecule has 0 fully saturated rings. The molecule has 0 saturated carbocycles. The molecule has 0 atom stereocenters. The predicted octanol–water partition coefficient (Wildman–Crippen LogP) is 3.93. The maximum Gasteiger partial charge on any atom is 0.340 e. The van der Waals surface area contributed by atoms with E-state index in [-0.39, 0.29) is 33.5 Å². The van der Waals surface area contributed by atoms with E-state index in [1.807, 2.05) is 0 Å². The Morgan fingerprint density at radius 1 is 1.07 bits per heavy atom. The Kier molecular flexibility index (Phi) is 5.14. The van der Waals surface area contributed by atoms with E-state index in [0.717, 1.165) is 0 Å². The Balaban J connectivity index is 2.32. The molecule has 140 valence electrons. The van der Waals surface area contributed by atoms with Crippen LogP contribution in [0.1, 0.15) is 23.0 Å². The molecule has 1 aromatic heterocycles.